The lowest BCUT2D eigenvalue weighted by molar-refractivity contribution is 0.0930. The summed E-state index contributed by atoms with van der Waals surface area (Å²) in [7, 11) is 5.88. The standard InChI is InChI=1S/C27H24BrF2NO6/c1-34-21-10-8-14-17(12-20(21)32)19(31-27(33)15-6-5-13(29)11-18(15)30)9-7-16-22(14)24(35-2)26(37-4)25(36-3)23(16)28/h5-6,8,10-12,19H,7,9H2,1-4H3,(H,31,33)/t19-/m0/s1. The van der Waals surface area contributed by atoms with Crippen LogP contribution in [-0.2, 0) is 6.42 Å². The third kappa shape index (κ3) is 4.73. The van der Waals surface area contributed by atoms with Crippen molar-refractivity contribution in [2.45, 2.75) is 18.9 Å². The Labute approximate surface area is 220 Å². The molecular weight excluding hydrogens is 552 g/mol. The Hall–Kier alpha value is -3.66. The van der Waals surface area contributed by atoms with Crippen molar-refractivity contribution in [1.82, 2.24) is 5.32 Å². The highest BCUT2D eigenvalue weighted by atomic mass is 79.9. The van der Waals surface area contributed by atoms with Crippen LogP contribution >= 0.6 is 15.9 Å². The van der Waals surface area contributed by atoms with E-state index in [9.17, 15) is 18.4 Å². The molecule has 0 fully saturated rings. The molecule has 3 aromatic carbocycles. The Morgan fingerprint density at radius 1 is 0.946 bits per heavy atom. The number of nitrogens with one attached hydrogen (secondary N) is 1. The van der Waals surface area contributed by atoms with Gasteiger partial charge < -0.3 is 24.3 Å². The number of benzene rings is 2. The fourth-order valence-corrected chi connectivity index (χ4v) is 5.34. The first-order chi connectivity index (χ1) is 17.7. The third-order valence-electron chi connectivity index (χ3n) is 6.29. The first kappa shape index (κ1) is 26.4. The maximum absolute atomic E-state index is 14.4. The largest absolute Gasteiger partial charge is 0.493 e. The summed E-state index contributed by atoms with van der Waals surface area (Å²) in [5.41, 5.74) is 1.78. The molecule has 194 valence electrons. The van der Waals surface area contributed by atoms with Crippen LogP contribution in [0, 0.1) is 11.6 Å². The van der Waals surface area contributed by atoms with E-state index in [-0.39, 0.29) is 11.3 Å². The van der Waals surface area contributed by atoms with E-state index in [0.29, 0.717) is 57.3 Å². The molecule has 0 bridgehead atoms. The second kappa shape index (κ2) is 10.8. The van der Waals surface area contributed by atoms with Gasteiger partial charge >= 0.3 is 0 Å². The molecule has 1 aliphatic rings. The molecule has 1 amide bonds. The maximum Gasteiger partial charge on any atom is 0.254 e. The van der Waals surface area contributed by atoms with Crippen LogP contribution in [0.25, 0.3) is 11.1 Å². The van der Waals surface area contributed by atoms with Crippen LogP contribution in [0.1, 0.15) is 33.9 Å². The van der Waals surface area contributed by atoms with E-state index in [1.165, 1.54) is 34.5 Å². The average molecular weight is 576 g/mol. The molecule has 0 heterocycles. The van der Waals surface area contributed by atoms with Gasteiger partial charge in [0.15, 0.2) is 17.2 Å². The Balaban J connectivity index is 1.97. The molecule has 4 rings (SSSR count). The molecule has 1 N–H and O–H groups in total. The van der Waals surface area contributed by atoms with Gasteiger partial charge in [-0.25, -0.2) is 8.78 Å². The molecule has 10 heteroatoms. The molecular formula is C27H24BrF2NO6. The van der Waals surface area contributed by atoms with Crippen molar-refractivity contribution >= 4 is 21.8 Å². The number of hydrogen-bond donors (Lipinski definition) is 1. The number of carbonyl (C=O) groups excluding carboxylic acids is 1. The lowest BCUT2D eigenvalue weighted by Gasteiger charge is -2.21. The van der Waals surface area contributed by atoms with Crippen LogP contribution in [0.4, 0.5) is 8.78 Å². The van der Waals surface area contributed by atoms with Gasteiger partial charge in [-0.15, -0.1) is 0 Å². The maximum atomic E-state index is 14.4. The van der Waals surface area contributed by atoms with Crippen molar-refractivity contribution in [2.24, 2.45) is 0 Å². The lowest BCUT2D eigenvalue weighted by Crippen LogP contribution is -2.29. The molecule has 0 saturated heterocycles. The second-order valence-corrected chi connectivity index (χ2v) is 9.03. The minimum Gasteiger partial charge on any atom is -0.493 e. The molecule has 3 aromatic rings. The molecule has 7 nitrogen and oxygen atoms in total. The highest BCUT2D eigenvalue weighted by Crippen LogP contribution is 2.54. The molecule has 0 saturated carbocycles. The Kier molecular flexibility index (Phi) is 7.68. The first-order valence-electron chi connectivity index (χ1n) is 11.2. The molecule has 0 aromatic heterocycles. The monoisotopic (exact) mass is 575 g/mol. The number of ether oxygens (including phenoxy) is 4. The van der Waals surface area contributed by atoms with Gasteiger partial charge in [0.2, 0.25) is 11.2 Å². The van der Waals surface area contributed by atoms with Crippen LogP contribution < -0.4 is 29.7 Å². The smallest absolute Gasteiger partial charge is 0.254 e. The topological polar surface area (TPSA) is 83.1 Å². The molecule has 37 heavy (non-hydrogen) atoms. The van der Waals surface area contributed by atoms with Crippen molar-refractivity contribution in [2.75, 3.05) is 28.4 Å². The van der Waals surface area contributed by atoms with Crippen molar-refractivity contribution < 1.29 is 32.5 Å². The van der Waals surface area contributed by atoms with Crippen LogP contribution in [0.15, 0.2) is 45.7 Å². The van der Waals surface area contributed by atoms with Gasteiger partial charge in [0.05, 0.1) is 44.5 Å². The van der Waals surface area contributed by atoms with Crippen LogP contribution in [0.5, 0.6) is 23.0 Å². The fraction of sp³-hybridized carbons (Fsp3) is 0.259. The molecule has 0 unspecified atom stereocenters. The lowest BCUT2D eigenvalue weighted by atomic mass is 9.95. The van der Waals surface area contributed by atoms with Gasteiger partial charge in [0.1, 0.15) is 11.6 Å². The summed E-state index contributed by atoms with van der Waals surface area (Å²) in [5.74, 6) is -1.27. The normalized spacial score (nSPS) is 14.1. The highest BCUT2D eigenvalue weighted by molar-refractivity contribution is 9.10. The zero-order chi connectivity index (χ0) is 26.9. The van der Waals surface area contributed by atoms with Crippen molar-refractivity contribution in [3.05, 3.63) is 79.4 Å². The summed E-state index contributed by atoms with van der Waals surface area (Å²) in [5, 5.41) is 2.82. The SMILES string of the molecule is COc1c(Br)c2c(c(OC)c1OC)-c1ccc(OC)c(=O)cc1[C@@H](NC(=O)c1ccc(F)cc1F)CC2. The van der Waals surface area contributed by atoms with E-state index in [1.807, 2.05) is 0 Å². The van der Waals surface area contributed by atoms with Gasteiger partial charge in [0.25, 0.3) is 5.91 Å². The molecule has 0 radical (unpaired) electrons. The number of halogens is 3. The number of hydrogen-bond acceptors (Lipinski definition) is 6. The van der Waals surface area contributed by atoms with Crippen LogP contribution in [0.2, 0.25) is 0 Å². The van der Waals surface area contributed by atoms with Crippen molar-refractivity contribution in [3.63, 3.8) is 0 Å². The highest BCUT2D eigenvalue weighted by Gasteiger charge is 2.32. The molecule has 1 atom stereocenters. The average Bonchev–Trinajstić information content (AvgIpc) is 3.12. The summed E-state index contributed by atoms with van der Waals surface area (Å²) in [6.07, 6.45) is 0.769. The summed E-state index contributed by atoms with van der Waals surface area (Å²) >= 11 is 3.63. The van der Waals surface area contributed by atoms with E-state index in [2.05, 4.69) is 21.2 Å². The Morgan fingerprint density at radius 2 is 1.65 bits per heavy atom. The molecule has 0 spiro atoms. The number of carbonyl (C=O) groups is 1. The van der Waals surface area contributed by atoms with E-state index < -0.39 is 29.0 Å². The predicted molar refractivity (Wildman–Crippen MR) is 137 cm³/mol. The van der Waals surface area contributed by atoms with Gasteiger partial charge in [-0.2, -0.15) is 0 Å². The quantitative estimate of drug-likeness (QED) is 0.434. The minimum absolute atomic E-state index is 0.0998. The second-order valence-electron chi connectivity index (χ2n) is 8.24. The molecule has 0 aliphatic heterocycles. The van der Waals surface area contributed by atoms with Gasteiger partial charge in [-0.3, -0.25) is 9.59 Å². The number of amides is 1. The summed E-state index contributed by atoms with van der Waals surface area (Å²) in [6.45, 7) is 0. The van der Waals surface area contributed by atoms with Gasteiger partial charge in [-0.05, 0) is 69.7 Å². The summed E-state index contributed by atoms with van der Waals surface area (Å²) in [6, 6.07) is 6.66. The Morgan fingerprint density at radius 3 is 2.27 bits per heavy atom. The zero-order valence-electron chi connectivity index (χ0n) is 20.5. The van der Waals surface area contributed by atoms with Gasteiger partial charge in [-0.1, -0.05) is 6.07 Å². The molecule has 1 aliphatic carbocycles. The number of methoxy groups -OCH3 is 4. The zero-order valence-corrected chi connectivity index (χ0v) is 22.1. The first-order valence-corrected chi connectivity index (χ1v) is 12.0. The van der Waals surface area contributed by atoms with Crippen LogP contribution in [0.3, 0.4) is 0 Å². The summed E-state index contributed by atoms with van der Waals surface area (Å²) in [4.78, 5) is 26.0. The van der Waals surface area contributed by atoms with E-state index in [1.54, 1.807) is 12.1 Å². The van der Waals surface area contributed by atoms with Crippen molar-refractivity contribution in [3.8, 4) is 34.1 Å². The van der Waals surface area contributed by atoms with E-state index in [4.69, 9.17) is 18.9 Å². The van der Waals surface area contributed by atoms with E-state index in [0.717, 1.165) is 17.7 Å². The van der Waals surface area contributed by atoms with Crippen molar-refractivity contribution in [1.29, 1.82) is 0 Å². The Bertz CT molecular complexity index is 1450. The van der Waals surface area contributed by atoms with Gasteiger partial charge in [0, 0.05) is 11.6 Å². The van der Waals surface area contributed by atoms with E-state index >= 15 is 0 Å². The minimum atomic E-state index is -0.988. The summed E-state index contributed by atoms with van der Waals surface area (Å²) < 4.78 is 50.6. The number of rotatable bonds is 6. The fourth-order valence-electron chi connectivity index (χ4n) is 4.60. The third-order valence-corrected chi connectivity index (χ3v) is 7.13. The predicted octanol–water partition coefficient (Wildman–Crippen LogP) is 5.21. The van der Waals surface area contributed by atoms with Crippen LogP contribution in [-0.4, -0.2) is 34.3 Å². The number of fused-ring (bicyclic) bond motifs is 3.